The molecule has 0 saturated carbocycles. The first-order valence-electron chi connectivity index (χ1n) is 8.85. The standard InChI is InChI=1S/C21H22BNO4/c24-21(25)19-10-8-17(9-11-19)14-23(13-16-4-1-2-5-16)15-18-6-3-7-20(12-18)22(26)27/h1-4,6-12,26-27H,5,13-15H2,(H,24,25). The van der Waals surface area contributed by atoms with E-state index in [0.29, 0.717) is 18.6 Å². The fraction of sp³-hybridized carbons (Fsp3) is 0.190. The van der Waals surface area contributed by atoms with Gasteiger partial charge in [0.15, 0.2) is 0 Å². The van der Waals surface area contributed by atoms with Crippen LogP contribution in [0.2, 0.25) is 0 Å². The monoisotopic (exact) mass is 363 g/mol. The van der Waals surface area contributed by atoms with E-state index in [4.69, 9.17) is 5.11 Å². The van der Waals surface area contributed by atoms with Crippen molar-refractivity contribution in [1.82, 2.24) is 4.90 Å². The summed E-state index contributed by atoms with van der Waals surface area (Å²) >= 11 is 0. The predicted octanol–water partition coefficient (Wildman–Crippen LogP) is 1.95. The molecule has 0 radical (unpaired) electrons. The largest absolute Gasteiger partial charge is 0.488 e. The SMILES string of the molecule is O=C(O)c1ccc(CN(CC2=CC=CC2)Cc2cccc(B(O)O)c2)cc1. The number of carboxylic acid groups (broad SMARTS) is 1. The highest BCUT2D eigenvalue weighted by Crippen LogP contribution is 2.17. The Bertz CT molecular complexity index is 859. The number of hydrogen-bond donors (Lipinski definition) is 3. The summed E-state index contributed by atoms with van der Waals surface area (Å²) in [4.78, 5) is 13.3. The van der Waals surface area contributed by atoms with Crippen molar-refractivity contribution in [3.63, 3.8) is 0 Å². The Hall–Kier alpha value is -2.67. The number of carboxylic acids is 1. The van der Waals surface area contributed by atoms with Gasteiger partial charge in [0.25, 0.3) is 0 Å². The zero-order chi connectivity index (χ0) is 19.2. The van der Waals surface area contributed by atoms with Crippen molar-refractivity contribution in [2.45, 2.75) is 19.5 Å². The third-order valence-electron chi connectivity index (χ3n) is 4.54. The highest BCUT2D eigenvalue weighted by Gasteiger charge is 2.14. The Morgan fingerprint density at radius 1 is 1.00 bits per heavy atom. The van der Waals surface area contributed by atoms with Crippen molar-refractivity contribution >= 4 is 18.6 Å². The van der Waals surface area contributed by atoms with E-state index in [1.165, 1.54) is 5.57 Å². The number of benzene rings is 2. The quantitative estimate of drug-likeness (QED) is 0.625. The molecule has 0 unspecified atom stereocenters. The zero-order valence-corrected chi connectivity index (χ0v) is 15.0. The molecular weight excluding hydrogens is 341 g/mol. The topological polar surface area (TPSA) is 81.0 Å². The molecule has 3 N–H and O–H groups in total. The lowest BCUT2D eigenvalue weighted by Crippen LogP contribution is -2.31. The van der Waals surface area contributed by atoms with Gasteiger partial charge in [-0.3, -0.25) is 4.90 Å². The Kier molecular flexibility index (Phi) is 6.24. The van der Waals surface area contributed by atoms with Gasteiger partial charge in [0.1, 0.15) is 0 Å². The second-order valence-electron chi connectivity index (χ2n) is 6.72. The van der Waals surface area contributed by atoms with Gasteiger partial charge < -0.3 is 15.2 Å². The maximum absolute atomic E-state index is 11.0. The van der Waals surface area contributed by atoms with Crippen molar-refractivity contribution in [2.24, 2.45) is 0 Å². The molecule has 0 saturated heterocycles. The van der Waals surface area contributed by atoms with Gasteiger partial charge in [0.2, 0.25) is 0 Å². The second-order valence-corrected chi connectivity index (χ2v) is 6.72. The normalized spacial score (nSPS) is 13.1. The van der Waals surface area contributed by atoms with Crippen LogP contribution in [0.3, 0.4) is 0 Å². The summed E-state index contributed by atoms with van der Waals surface area (Å²) in [5, 5.41) is 27.8. The van der Waals surface area contributed by atoms with Gasteiger partial charge in [-0.05, 0) is 35.1 Å². The van der Waals surface area contributed by atoms with E-state index >= 15 is 0 Å². The minimum atomic E-state index is -1.48. The molecule has 138 valence electrons. The molecule has 0 heterocycles. The summed E-state index contributed by atoms with van der Waals surface area (Å²) in [7, 11) is -1.48. The van der Waals surface area contributed by atoms with Gasteiger partial charge in [0, 0.05) is 19.6 Å². The van der Waals surface area contributed by atoms with Crippen LogP contribution in [-0.2, 0) is 13.1 Å². The number of hydrogen-bond acceptors (Lipinski definition) is 4. The van der Waals surface area contributed by atoms with Gasteiger partial charge in [0.05, 0.1) is 5.56 Å². The van der Waals surface area contributed by atoms with E-state index in [-0.39, 0.29) is 5.56 Å². The number of rotatable bonds is 8. The summed E-state index contributed by atoms with van der Waals surface area (Å²) in [6, 6.07) is 14.2. The maximum atomic E-state index is 11.0. The third-order valence-corrected chi connectivity index (χ3v) is 4.54. The Morgan fingerprint density at radius 2 is 1.74 bits per heavy atom. The first kappa shape index (κ1) is 19.1. The molecule has 0 fully saturated rings. The molecule has 5 nitrogen and oxygen atoms in total. The van der Waals surface area contributed by atoms with Gasteiger partial charge in [-0.2, -0.15) is 0 Å². The molecule has 0 amide bonds. The minimum absolute atomic E-state index is 0.276. The summed E-state index contributed by atoms with van der Waals surface area (Å²) in [5.74, 6) is -0.931. The first-order valence-corrected chi connectivity index (χ1v) is 8.85. The summed E-state index contributed by atoms with van der Waals surface area (Å²) in [6.07, 6.45) is 7.23. The number of carbonyl (C=O) groups is 1. The van der Waals surface area contributed by atoms with Crippen LogP contribution in [0.5, 0.6) is 0 Å². The molecule has 27 heavy (non-hydrogen) atoms. The highest BCUT2D eigenvalue weighted by atomic mass is 16.4. The molecule has 3 rings (SSSR count). The molecule has 0 aliphatic heterocycles. The molecule has 1 aliphatic rings. The lowest BCUT2D eigenvalue weighted by atomic mass is 9.79. The fourth-order valence-corrected chi connectivity index (χ4v) is 3.18. The predicted molar refractivity (Wildman–Crippen MR) is 106 cm³/mol. The number of allylic oxidation sites excluding steroid dienone is 3. The second kappa shape index (κ2) is 8.82. The van der Waals surface area contributed by atoms with Gasteiger partial charge in [-0.15, -0.1) is 0 Å². The van der Waals surface area contributed by atoms with Gasteiger partial charge in [-0.1, -0.05) is 60.2 Å². The summed E-state index contributed by atoms with van der Waals surface area (Å²) in [6.45, 7) is 2.11. The van der Waals surface area contributed by atoms with Crippen molar-refractivity contribution in [2.75, 3.05) is 6.54 Å². The van der Waals surface area contributed by atoms with Crippen LogP contribution in [0.1, 0.15) is 27.9 Å². The average molecular weight is 363 g/mol. The minimum Gasteiger partial charge on any atom is -0.478 e. The van der Waals surface area contributed by atoms with Crippen LogP contribution in [0.25, 0.3) is 0 Å². The van der Waals surface area contributed by atoms with Crippen LogP contribution >= 0.6 is 0 Å². The van der Waals surface area contributed by atoms with Crippen LogP contribution in [-0.4, -0.2) is 39.7 Å². The molecule has 2 aromatic rings. The van der Waals surface area contributed by atoms with Crippen molar-refractivity contribution in [3.8, 4) is 0 Å². The lowest BCUT2D eigenvalue weighted by molar-refractivity contribution is 0.0697. The molecule has 0 bridgehead atoms. The first-order chi connectivity index (χ1) is 13.0. The molecule has 0 aromatic heterocycles. The maximum Gasteiger partial charge on any atom is 0.488 e. The van der Waals surface area contributed by atoms with Gasteiger partial charge in [-0.25, -0.2) is 4.79 Å². The molecule has 6 heteroatoms. The van der Waals surface area contributed by atoms with Gasteiger partial charge >= 0.3 is 13.1 Å². The van der Waals surface area contributed by atoms with E-state index in [1.807, 2.05) is 24.3 Å². The highest BCUT2D eigenvalue weighted by molar-refractivity contribution is 6.58. The van der Waals surface area contributed by atoms with Crippen LogP contribution < -0.4 is 5.46 Å². The van der Waals surface area contributed by atoms with E-state index in [2.05, 4.69) is 23.1 Å². The Morgan fingerprint density at radius 3 is 2.37 bits per heavy atom. The van der Waals surface area contributed by atoms with Crippen LogP contribution in [0, 0.1) is 0 Å². The Labute approximate surface area is 159 Å². The average Bonchev–Trinajstić information content (AvgIpc) is 3.15. The van der Waals surface area contributed by atoms with E-state index < -0.39 is 13.1 Å². The summed E-state index contributed by atoms with van der Waals surface area (Å²) < 4.78 is 0. The molecule has 0 spiro atoms. The summed E-state index contributed by atoms with van der Waals surface area (Å²) in [5.41, 5.74) is 4.09. The Balaban J connectivity index is 1.76. The van der Waals surface area contributed by atoms with E-state index in [0.717, 1.165) is 24.1 Å². The van der Waals surface area contributed by atoms with Crippen molar-refractivity contribution in [3.05, 3.63) is 89.0 Å². The van der Waals surface area contributed by atoms with Crippen molar-refractivity contribution in [1.29, 1.82) is 0 Å². The van der Waals surface area contributed by atoms with E-state index in [9.17, 15) is 14.8 Å². The zero-order valence-electron chi connectivity index (χ0n) is 15.0. The number of nitrogens with zero attached hydrogens (tertiary/aromatic N) is 1. The van der Waals surface area contributed by atoms with Crippen molar-refractivity contribution < 1.29 is 19.9 Å². The molecule has 0 atom stereocenters. The van der Waals surface area contributed by atoms with Crippen LogP contribution in [0.4, 0.5) is 0 Å². The number of aromatic carboxylic acids is 1. The lowest BCUT2D eigenvalue weighted by Gasteiger charge is -2.24. The smallest absolute Gasteiger partial charge is 0.478 e. The molecular formula is C21H22BNO4. The third kappa shape index (κ3) is 5.40. The van der Waals surface area contributed by atoms with E-state index in [1.54, 1.807) is 24.3 Å². The fourth-order valence-electron chi connectivity index (χ4n) is 3.18. The molecule has 2 aromatic carbocycles. The van der Waals surface area contributed by atoms with Crippen LogP contribution in [0.15, 0.2) is 72.3 Å². The molecule has 1 aliphatic carbocycles.